The lowest BCUT2D eigenvalue weighted by atomic mass is 9.92. The highest BCUT2D eigenvalue weighted by atomic mass is 19.1. The molecule has 2 heterocycles. The Bertz CT molecular complexity index is 1400. The second-order valence-electron chi connectivity index (χ2n) is 10.8. The van der Waals surface area contributed by atoms with Gasteiger partial charge in [0, 0.05) is 24.7 Å². The molecule has 1 saturated heterocycles. The molecule has 1 aliphatic heterocycles. The zero-order valence-electron chi connectivity index (χ0n) is 21.3. The molecule has 2 amide bonds. The van der Waals surface area contributed by atoms with Crippen LogP contribution >= 0.6 is 0 Å². The van der Waals surface area contributed by atoms with Crippen LogP contribution in [-0.4, -0.2) is 47.4 Å². The maximum atomic E-state index is 14.4. The van der Waals surface area contributed by atoms with E-state index in [2.05, 4.69) is 10.3 Å². The van der Waals surface area contributed by atoms with Gasteiger partial charge in [0.05, 0.1) is 12.2 Å². The summed E-state index contributed by atoms with van der Waals surface area (Å²) in [5.74, 6) is -1.96. The number of ether oxygens (including phenoxy) is 1. The summed E-state index contributed by atoms with van der Waals surface area (Å²) in [7, 11) is 0. The lowest BCUT2D eigenvalue weighted by Crippen LogP contribution is -2.41. The van der Waals surface area contributed by atoms with Crippen molar-refractivity contribution in [2.24, 2.45) is 11.3 Å². The molecule has 202 valence electrons. The third-order valence-corrected chi connectivity index (χ3v) is 8.10. The molecule has 1 unspecified atom stereocenters. The molecular formula is C30H28F3N3O3. The SMILES string of the molecule is O=C(NC1CC12CCN(C(=O)c1ccc(OCC3CC3)cc1)CC2)c1ccc(F)c(-c2c(F)cccc2F)n1. The van der Waals surface area contributed by atoms with Gasteiger partial charge < -0.3 is 15.0 Å². The first-order chi connectivity index (χ1) is 18.8. The summed E-state index contributed by atoms with van der Waals surface area (Å²) in [4.78, 5) is 31.7. The largest absolute Gasteiger partial charge is 0.493 e. The fourth-order valence-corrected chi connectivity index (χ4v) is 5.33. The van der Waals surface area contributed by atoms with Crippen LogP contribution in [0, 0.1) is 28.8 Å². The van der Waals surface area contributed by atoms with Crippen molar-refractivity contribution >= 4 is 11.8 Å². The quantitative estimate of drug-likeness (QED) is 0.441. The van der Waals surface area contributed by atoms with Crippen molar-refractivity contribution < 1.29 is 27.5 Å². The summed E-state index contributed by atoms with van der Waals surface area (Å²) in [6, 6.07) is 12.5. The van der Waals surface area contributed by atoms with E-state index < -0.39 is 34.6 Å². The number of carbonyl (C=O) groups excluding carboxylic acids is 2. The number of rotatable bonds is 7. The van der Waals surface area contributed by atoms with Crippen LogP contribution in [0.25, 0.3) is 11.3 Å². The number of hydrogen-bond acceptors (Lipinski definition) is 4. The van der Waals surface area contributed by atoms with Crippen molar-refractivity contribution in [1.29, 1.82) is 0 Å². The van der Waals surface area contributed by atoms with Crippen LogP contribution in [0.1, 0.15) is 53.0 Å². The highest BCUT2D eigenvalue weighted by Gasteiger charge is 2.56. The van der Waals surface area contributed by atoms with Gasteiger partial charge in [-0.1, -0.05) is 6.07 Å². The van der Waals surface area contributed by atoms with Crippen molar-refractivity contribution in [3.63, 3.8) is 0 Å². The van der Waals surface area contributed by atoms with E-state index in [0.717, 1.165) is 49.8 Å². The van der Waals surface area contributed by atoms with E-state index in [9.17, 15) is 22.8 Å². The molecular weight excluding hydrogens is 507 g/mol. The topological polar surface area (TPSA) is 71.5 Å². The first-order valence-electron chi connectivity index (χ1n) is 13.3. The van der Waals surface area contributed by atoms with E-state index in [-0.39, 0.29) is 23.1 Å². The van der Waals surface area contributed by atoms with Crippen LogP contribution in [0.3, 0.4) is 0 Å². The standard InChI is InChI=1S/C30H28F3N3O3/c31-21-2-1-3-22(32)26(21)27-23(33)10-11-24(34-27)28(37)35-25-16-30(25)12-14-36(15-13-30)29(38)19-6-8-20(9-7-19)39-17-18-4-5-18/h1-3,6-11,18,25H,4-5,12-17H2,(H,35,37). The zero-order valence-corrected chi connectivity index (χ0v) is 21.3. The number of nitrogens with one attached hydrogen (secondary N) is 1. The molecule has 1 atom stereocenters. The molecule has 1 spiro atoms. The van der Waals surface area contributed by atoms with Crippen molar-refractivity contribution in [1.82, 2.24) is 15.2 Å². The molecule has 2 aliphatic carbocycles. The number of pyridine rings is 1. The molecule has 3 fully saturated rings. The number of likely N-dealkylation sites (tertiary alicyclic amines) is 1. The van der Waals surface area contributed by atoms with Crippen LogP contribution in [0.5, 0.6) is 5.75 Å². The van der Waals surface area contributed by atoms with Crippen LogP contribution in [-0.2, 0) is 0 Å². The van der Waals surface area contributed by atoms with Gasteiger partial charge >= 0.3 is 0 Å². The minimum atomic E-state index is -0.959. The van der Waals surface area contributed by atoms with E-state index in [1.807, 2.05) is 17.0 Å². The van der Waals surface area contributed by atoms with Crippen molar-refractivity contribution in [3.8, 4) is 17.0 Å². The van der Waals surface area contributed by atoms with E-state index >= 15 is 0 Å². The Morgan fingerprint density at radius 3 is 2.31 bits per heavy atom. The van der Waals surface area contributed by atoms with Crippen molar-refractivity contribution in [2.45, 2.75) is 38.1 Å². The van der Waals surface area contributed by atoms with Gasteiger partial charge in [-0.3, -0.25) is 9.59 Å². The van der Waals surface area contributed by atoms with Crippen molar-refractivity contribution in [3.05, 3.63) is 83.3 Å². The Kier molecular flexibility index (Phi) is 6.53. The molecule has 0 radical (unpaired) electrons. The lowest BCUT2D eigenvalue weighted by molar-refractivity contribution is 0.0667. The lowest BCUT2D eigenvalue weighted by Gasteiger charge is -2.33. The Balaban J connectivity index is 1.05. The number of benzene rings is 2. The molecule has 1 aromatic heterocycles. The predicted octanol–water partition coefficient (Wildman–Crippen LogP) is 5.38. The van der Waals surface area contributed by atoms with Crippen LogP contribution in [0.15, 0.2) is 54.6 Å². The fraction of sp³-hybridized carbons (Fsp3) is 0.367. The molecule has 6 rings (SSSR count). The third-order valence-electron chi connectivity index (χ3n) is 8.10. The minimum Gasteiger partial charge on any atom is -0.493 e. The molecule has 9 heteroatoms. The average molecular weight is 536 g/mol. The van der Waals surface area contributed by atoms with Crippen LogP contribution in [0.2, 0.25) is 0 Å². The van der Waals surface area contributed by atoms with E-state index in [1.54, 1.807) is 12.1 Å². The summed E-state index contributed by atoms with van der Waals surface area (Å²) in [6.45, 7) is 1.88. The zero-order chi connectivity index (χ0) is 27.1. The normalized spacial score (nSPS) is 19.6. The number of hydrogen-bond donors (Lipinski definition) is 1. The molecule has 39 heavy (non-hydrogen) atoms. The molecule has 2 saturated carbocycles. The summed E-state index contributed by atoms with van der Waals surface area (Å²) >= 11 is 0. The summed E-state index contributed by atoms with van der Waals surface area (Å²) in [5, 5.41) is 2.94. The van der Waals surface area contributed by atoms with Gasteiger partial charge in [-0.2, -0.15) is 0 Å². The number of nitrogens with zero attached hydrogens (tertiary/aromatic N) is 2. The van der Waals surface area contributed by atoms with E-state index in [4.69, 9.17) is 4.74 Å². The van der Waals surface area contributed by atoms with E-state index in [0.29, 0.717) is 24.6 Å². The molecule has 3 aromatic rings. The second kappa shape index (κ2) is 10.0. The fourth-order valence-electron chi connectivity index (χ4n) is 5.33. The third kappa shape index (κ3) is 5.22. The van der Waals surface area contributed by atoms with Gasteiger partial charge in [0.15, 0.2) is 0 Å². The Morgan fingerprint density at radius 1 is 0.949 bits per heavy atom. The maximum absolute atomic E-state index is 14.4. The highest BCUT2D eigenvalue weighted by molar-refractivity contribution is 5.95. The summed E-state index contributed by atoms with van der Waals surface area (Å²) in [6.07, 6.45) is 4.70. The van der Waals surface area contributed by atoms with Gasteiger partial charge in [0.1, 0.15) is 34.6 Å². The van der Waals surface area contributed by atoms with Gasteiger partial charge in [-0.25, -0.2) is 18.2 Å². The number of aromatic nitrogens is 1. The number of piperidine rings is 1. The minimum absolute atomic E-state index is 0.0248. The molecule has 6 nitrogen and oxygen atoms in total. The van der Waals surface area contributed by atoms with Gasteiger partial charge in [-0.05, 0) is 92.0 Å². The Labute approximate surface area is 224 Å². The first kappa shape index (κ1) is 25.4. The van der Waals surface area contributed by atoms with Crippen molar-refractivity contribution in [2.75, 3.05) is 19.7 Å². The molecule has 0 bridgehead atoms. The van der Waals surface area contributed by atoms with Gasteiger partial charge in [0.2, 0.25) is 0 Å². The molecule has 3 aliphatic rings. The van der Waals surface area contributed by atoms with Crippen LogP contribution < -0.4 is 10.1 Å². The highest BCUT2D eigenvalue weighted by Crippen LogP contribution is 2.54. The maximum Gasteiger partial charge on any atom is 0.270 e. The Morgan fingerprint density at radius 2 is 1.64 bits per heavy atom. The smallest absolute Gasteiger partial charge is 0.270 e. The number of carbonyl (C=O) groups is 2. The summed E-state index contributed by atoms with van der Waals surface area (Å²) < 4.78 is 48.5. The number of halogens is 3. The molecule has 2 aromatic carbocycles. The average Bonchev–Trinajstić information content (AvgIpc) is 3.87. The monoisotopic (exact) mass is 535 g/mol. The van der Waals surface area contributed by atoms with Crippen LogP contribution in [0.4, 0.5) is 13.2 Å². The van der Waals surface area contributed by atoms with Gasteiger partial charge in [-0.15, -0.1) is 0 Å². The summed E-state index contributed by atoms with van der Waals surface area (Å²) in [5.41, 5.74) is -0.751. The van der Waals surface area contributed by atoms with Gasteiger partial charge in [0.25, 0.3) is 11.8 Å². The number of amides is 2. The van der Waals surface area contributed by atoms with E-state index in [1.165, 1.54) is 25.0 Å². The predicted molar refractivity (Wildman–Crippen MR) is 138 cm³/mol. The first-order valence-corrected chi connectivity index (χ1v) is 13.3. The second-order valence-corrected chi connectivity index (χ2v) is 10.8. The Hall–Kier alpha value is -3.88. The molecule has 1 N–H and O–H groups in total.